The van der Waals surface area contributed by atoms with Crippen molar-refractivity contribution in [3.63, 3.8) is 0 Å². The van der Waals surface area contributed by atoms with Crippen molar-refractivity contribution in [2.75, 3.05) is 31.6 Å². The van der Waals surface area contributed by atoms with Crippen LogP contribution < -0.4 is 10.2 Å². The number of rotatable bonds is 5. The van der Waals surface area contributed by atoms with Crippen LogP contribution in [0.4, 0.5) is 10.1 Å². The minimum Gasteiger partial charge on any atom is -0.377 e. The molecule has 1 heterocycles. The summed E-state index contributed by atoms with van der Waals surface area (Å²) in [7, 11) is 1.90. The van der Waals surface area contributed by atoms with Crippen LogP contribution in [-0.4, -0.2) is 32.8 Å². The number of ether oxygens (including phenoxy) is 1. The molecule has 1 aliphatic rings. The van der Waals surface area contributed by atoms with E-state index in [1.165, 1.54) is 0 Å². The van der Waals surface area contributed by atoms with E-state index in [0.717, 1.165) is 43.8 Å². The van der Waals surface area contributed by atoms with Crippen molar-refractivity contribution in [1.82, 2.24) is 5.32 Å². The first-order valence-corrected chi connectivity index (χ1v) is 7.49. The number of para-hydroxylation sites is 1. The number of hydrogen-bond acceptors (Lipinski definition) is 3. The van der Waals surface area contributed by atoms with Gasteiger partial charge in [-0.3, -0.25) is 0 Å². The quantitative estimate of drug-likeness (QED) is 0.897. The van der Waals surface area contributed by atoms with Gasteiger partial charge in [-0.1, -0.05) is 12.1 Å². The third-order valence-corrected chi connectivity index (χ3v) is 4.01. The Hall–Kier alpha value is -1.13. The smallest absolute Gasteiger partial charge is 0.146 e. The molecule has 0 bridgehead atoms. The van der Waals surface area contributed by atoms with Gasteiger partial charge in [0.2, 0.25) is 0 Å². The number of benzene rings is 1. The van der Waals surface area contributed by atoms with Gasteiger partial charge in [-0.2, -0.15) is 0 Å². The Bertz CT molecular complexity index is 436. The van der Waals surface area contributed by atoms with Gasteiger partial charge in [0.15, 0.2) is 0 Å². The summed E-state index contributed by atoms with van der Waals surface area (Å²) in [5.74, 6) is -0.137. The normalized spacial score (nSPS) is 21.0. The number of piperidine rings is 1. The standard InChI is InChI=1S/C16H25FN2O/c1-4-20-13-7-6-10-19(11-13)16-14(12(2)18-3)8-5-9-15(16)17/h5,8-9,12-13,18H,4,6-7,10-11H2,1-3H3. The lowest BCUT2D eigenvalue weighted by Gasteiger charge is -2.36. The van der Waals surface area contributed by atoms with E-state index in [4.69, 9.17) is 4.74 Å². The number of halogens is 1. The highest BCUT2D eigenvalue weighted by molar-refractivity contribution is 5.56. The summed E-state index contributed by atoms with van der Waals surface area (Å²) in [6.45, 7) is 6.46. The van der Waals surface area contributed by atoms with Crippen LogP contribution >= 0.6 is 0 Å². The molecule has 0 aliphatic carbocycles. The molecule has 0 saturated carbocycles. The van der Waals surface area contributed by atoms with Gasteiger partial charge < -0.3 is 15.0 Å². The lowest BCUT2D eigenvalue weighted by Crippen LogP contribution is -2.41. The molecular formula is C16H25FN2O. The van der Waals surface area contributed by atoms with Crippen molar-refractivity contribution in [2.24, 2.45) is 0 Å². The first kappa shape index (κ1) is 15.3. The molecule has 1 aliphatic heterocycles. The van der Waals surface area contributed by atoms with E-state index in [1.54, 1.807) is 12.1 Å². The summed E-state index contributed by atoms with van der Waals surface area (Å²) in [5, 5.41) is 3.20. The highest BCUT2D eigenvalue weighted by Crippen LogP contribution is 2.31. The maximum Gasteiger partial charge on any atom is 0.146 e. The van der Waals surface area contributed by atoms with Crippen molar-refractivity contribution in [1.29, 1.82) is 0 Å². The zero-order valence-electron chi connectivity index (χ0n) is 12.7. The van der Waals surface area contributed by atoms with Crippen LogP contribution in [0, 0.1) is 5.82 Å². The average molecular weight is 280 g/mol. The molecule has 2 atom stereocenters. The summed E-state index contributed by atoms with van der Waals surface area (Å²) in [5.41, 5.74) is 1.75. The fraction of sp³-hybridized carbons (Fsp3) is 0.625. The lowest BCUT2D eigenvalue weighted by molar-refractivity contribution is 0.0525. The largest absolute Gasteiger partial charge is 0.377 e. The number of nitrogens with one attached hydrogen (secondary N) is 1. The van der Waals surface area contributed by atoms with Crippen molar-refractivity contribution in [3.05, 3.63) is 29.6 Å². The third-order valence-electron chi connectivity index (χ3n) is 4.01. The highest BCUT2D eigenvalue weighted by atomic mass is 19.1. The van der Waals surface area contributed by atoms with Crippen LogP contribution in [0.3, 0.4) is 0 Å². The van der Waals surface area contributed by atoms with E-state index < -0.39 is 0 Å². The maximum atomic E-state index is 14.3. The van der Waals surface area contributed by atoms with E-state index in [1.807, 2.05) is 20.0 Å². The van der Waals surface area contributed by atoms with Crippen LogP contribution in [0.25, 0.3) is 0 Å². The molecule has 2 unspecified atom stereocenters. The summed E-state index contributed by atoms with van der Waals surface area (Å²) in [6, 6.07) is 5.47. The zero-order valence-corrected chi connectivity index (χ0v) is 12.7. The maximum absolute atomic E-state index is 14.3. The molecule has 0 aromatic heterocycles. The van der Waals surface area contributed by atoms with Crippen LogP contribution in [-0.2, 0) is 4.74 Å². The second-order valence-corrected chi connectivity index (χ2v) is 5.35. The van der Waals surface area contributed by atoms with Gasteiger partial charge in [0.05, 0.1) is 11.8 Å². The molecule has 2 rings (SSSR count). The van der Waals surface area contributed by atoms with E-state index in [-0.39, 0.29) is 18.0 Å². The van der Waals surface area contributed by atoms with Crippen LogP contribution in [0.5, 0.6) is 0 Å². The summed E-state index contributed by atoms with van der Waals surface area (Å²) < 4.78 is 20.1. The molecule has 1 aromatic carbocycles. The van der Waals surface area contributed by atoms with Gasteiger partial charge in [0, 0.05) is 25.7 Å². The minimum atomic E-state index is -0.137. The van der Waals surface area contributed by atoms with Crippen LogP contribution in [0.1, 0.15) is 38.3 Å². The topological polar surface area (TPSA) is 24.5 Å². The summed E-state index contributed by atoms with van der Waals surface area (Å²) in [4.78, 5) is 2.14. The van der Waals surface area contributed by atoms with Gasteiger partial charge >= 0.3 is 0 Å². The Kier molecular flexibility index (Phi) is 5.38. The molecule has 3 nitrogen and oxygen atoms in total. The van der Waals surface area contributed by atoms with Gasteiger partial charge in [-0.25, -0.2) is 4.39 Å². The predicted molar refractivity (Wildman–Crippen MR) is 80.7 cm³/mol. The van der Waals surface area contributed by atoms with E-state index in [0.29, 0.717) is 0 Å². The van der Waals surface area contributed by atoms with Crippen molar-refractivity contribution in [2.45, 2.75) is 38.8 Å². The van der Waals surface area contributed by atoms with Crippen molar-refractivity contribution < 1.29 is 9.13 Å². The molecule has 4 heteroatoms. The second kappa shape index (κ2) is 7.04. The molecule has 1 aromatic rings. The Balaban J connectivity index is 2.26. The number of hydrogen-bond donors (Lipinski definition) is 1. The molecule has 0 spiro atoms. The summed E-state index contributed by atoms with van der Waals surface area (Å²) >= 11 is 0. The van der Waals surface area contributed by atoms with Crippen molar-refractivity contribution >= 4 is 5.69 Å². The predicted octanol–water partition coefficient (Wildman–Crippen LogP) is 3.11. The monoisotopic (exact) mass is 280 g/mol. The molecule has 0 amide bonds. The van der Waals surface area contributed by atoms with Gasteiger partial charge in [-0.15, -0.1) is 0 Å². The van der Waals surface area contributed by atoms with Gasteiger partial charge in [-0.05, 0) is 45.4 Å². The van der Waals surface area contributed by atoms with Crippen LogP contribution in [0.15, 0.2) is 18.2 Å². The molecule has 0 radical (unpaired) electrons. The molecule has 1 saturated heterocycles. The molecular weight excluding hydrogens is 255 g/mol. The first-order valence-electron chi connectivity index (χ1n) is 7.49. The van der Waals surface area contributed by atoms with Gasteiger partial charge in [0.1, 0.15) is 5.82 Å². The molecule has 1 fully saturated rings. The second-order valence-electron chi connectivity index (χ2n) is 5.35. The number of nitrogens with zero attached hydrogens (tertiary/aromatic N) is 1. The van der Waals surface area contributed by atoms with Crippen LogP contribution in [0.2, 0.25) is 0 Å². The fourth-order valence-electron chi connectivity index (χ4n) is 2.88. The molecule has 20 heavy (non-hydrogen) atoms. The Morgan fingerprint density at radius 2 is 2.30 bits per heavy atom. The first-order chi connectivity index (χ1) is 9.67. The molecule has 1 N–H and O–H groups in total. The Morgan fingerprint density at radius 3 is 3.00 bits per heavy atom. The van der Waals surface area contributed by atoms with E-state index >= 15 is 0 Å². The van der Waals surface area contributed by atoms with Gasteiger partial charge in [0.25, 0.3) is 0 Å². The Morgan fingerprint density at radius 1 is 1.50 bits per heavy atom. The van der Waals surface area contributed by atoms with E-state index in [9.17, 15) is 4.39 Å². The number of anilines is 1. The van der Waals surface area contributed by atoms with E-state index in [2.05, 4.69) is 17.1 Å². The average Bonchev–Trinajstić information content (AvgIpc) is 2.46. The third kappa shape index (κ3) is 3.30. The fourth-order valence-corrected chi connectivity index (χ4v) is 2.88. The van der Waals surface area contributed by atoms with Crippen molar-refractivity contribution in [3.8, 4) is 0 Å². The summed E-state index contributed by atoms with van der Waals surface area (Å²) in [6.07, 6.45) is 2.33. The highest BCUT2D eigenvalue weighted by Gasteiger charge is 2.25. The Labute approximate surface area is 121 Å². The SMILES string of the molecule is CCOC1CCCN(c2c(F)cccc2C(C)NC)C1. The lowest BCUT2D eigenvalue weighted by atomic mass is 10.0. The molecule has 112 valence electrons. The zero-order chi connectivity index (χ0) is 14.5. The minimum absolute atomic E-state index is 0.133.